The van der Waals surface area contributed by atoms with Crippen molar-refractivity contribution in [2.45, 2.75) is 32.6 Å². The van der Waals surface area contributed by atoms with Crippen LogP contribution in [0.1, 0.15) is 32.6 Å². The van der Waals surface area contributed by atoms with E-state index in [0.717, 1.165) is 70.9 Å². The Morgan fingerprint density at radius 2 is 1.86 bits per heavy atom. The monoisotopic (exact) mass is 403 g/mol. The Bertz CT molecular complexity index is 625. The SMILES string of the molecule is CCN1CCN(CCCNC(=O)CC2CCN(c3ccnc(NC)n3)CC2)CC1. The highest BCUT2D eigenvalue weighted by Crippen LogP contribution is 2.24. The van der Waals surface area contributed by atoms with E-state index in [4.69, 9.17) is 0 Å². The van der Waals surface area contributed by atoms with Crippen LogP contribution in [0.25, 0.3) is 0 Å². The predicted octanol–water partition coefficient (Wildman–Crippen LogP) is 1.27. The summed E-state index contributed by atoms with van der Waals surface area (Å²) in [5.41, 5.74) is 0. The Hall–Kier alpha value is -1.93. The second-order valence-corrected chi connectivity index (χ2v) is 8.10. The standard InChI is InChI=1S/C21H37N7O/c1-3-26-13-15-27(16-14-26)10-4-8-23-20(29)17-18-6-11-28(12-7-18)19-5-9-24-21(22-2)25-19/h5,9,18H,3-4,6-8,10-17H2,1-2H3,(H,23,29)(H,22,24,25). The fraction of sp³-hybridized carbons (Fsp3) is 0.762. The molecule has 1 amide bonds. The molecule has 0 bridgehead atoms. The summed E-state index contributed by atoms with van der Waals surface area (Å²) in [6.45, 7) is 11.8. The third-order valence-electron chi connectivity index (χ3n) is 6.16. The van der Waals surface area contributed by atoms with Crippen molar-refractivity contribution >= 4 is 17.7 Å². The summed E-state index contributed by atoms with van der Waals surface area (Å²) >= 11 is 0. The summed E-state index contributed by atoms with van der Waals surface area (Å²) in [6.07, 6.45) is 5.55. The van der Waals surface area contributed by atoms with Gasteiger partial charge in [0.2, 0.25) is 11.9 Å². The molecule has 0 atom stereocenters. The van der Waals surface area contributed by atoms with Crippen molar-refractivity contribution in [3.05, 3.63) is 12.3 Å². The minimum absolute atomic E-state index is 0.207. The normalized spacial score (nSPS) is 19.3. The third kappa shape index (κ3) is 6.82. The average Bonchev–Trinajstić information content (AvgIpc) is 2.77. The van der Waals surface area contributed by atoms with E-state index < -0.39 is 0 Å². The molecule has 0 aromatic carbocycles. The number of nitrogens with one attached hydrogen (secondary N) is 2. The van der Waals surface area contributed by atoms with Crippen LogP contribution in [-0.4, -0.2) is 91.6 Å². The van der Waals surface area contributed by atoms with E-state index in [-0.39, 0.29) is 5.91 Å². The van der Waals surface area contributed by atoms with Gasteiger partial charge in [0, 0.05) is 65.5 Å². The van der Waals surface area contributed by atoms with Gasteiger partial charge in [0.25, 0.3) is 0 Å². The van der Waals surface area contributed by atoms with Crippen LogP contribution in [0.3, 0.4) is 0 Å². The number of hydrogen-bond acceptors (Lipinski definition) is 7. The molecule has 0 saturated carbocycles. The predicted molar refractivity (Wildman–Crippen MR) is 117 cm³/mol. The van der Waals surface area contributed by atoms with Crippen LogP contribution in [0.5, 0.6) is 0 Å². The van der Waals surface area contributed by atoms with Crippen LogP contribution in [0.4, 0.5) is 11.8 Å². The Morgan fingerprint density at radius 1 is 1.14 bits per heavy atom. The largest absolute Gasteiger partial charge is 0.357 e. The molecule has 2 aliphatic rings. The summed E-state index contributed by atoms with van der Waals surface area (Å²) in [4.78, 5) is 28.3. The molecule has 1 aromatic rings. The highest BCUT2D eigenvalue weighted by atomic mass is 16.1. The molecule has 29 heavy (non-hydrogen) atoms. The van der Waals surface area contributed by atoms with Gasteiger partial charge in [0.1, 0.15) is 5.82 Å². The lowest BCUT2D eigenvalue weighted by molar-refractivity contribution is -0.122. The Kier molecular flexibility index (Phi) is 8.49. The number of amides is 1. The number of anilines is 2. The van der Waals surface area contributed by atoms with Gasteiger partial charge in [-0.1, -0.05) is 6.92 Å². The van der Waals surface area contributed by atoms with Gasteiger partial charge in [-0.05, 0) is 44.3 Å². The maximum atomic E-state index is 12.3. The number of carbonyl (C=O) groups excluding carboxylic acids is 1. The summed E-state index contributed by atoms with van der Waals surface area (Å²) in [6, 6.07) is 1.95. The van der Waals surface area contributed by atoms with Gasteiger partial charge in [-0.3, -0.25) is 4.79 Å². The van der Waals surface area contributed by atoms with Crippen LogP contribution in [-0.2, 0) is 4.79 Å². The van der Waals surface area contributed by atoms with Gasteiger partial charge in [-0.25, -0.2) is 4.98 Å². The van der Waals surface area contributed by atoms with E-state index >= 15 is 0 Å². The van der Waals surface area contributed by atoms with E-state index in [2.05, 4.69) is 42.2 Å². The zero-order valence-corrected chi connectivity index (χ0v) is 18.1. The number of aromatic nitrogens is 2. The number of piperidine rings is 1. The minimum Gasteiger partial charge on any atom is -0.357 e. The molecule has 0 spiro atoms. The third-order valence-corrected chi connectivity index (χ3v) is 6.16. The Labute approximate surface area is 175 Å². The molecule has 2 N–H and O–H groups in total. The molecule has 3 rings (SSSR count). The first-order valence-corrected chi connectivity index (χ1v) is 11.1. The lowest BCUT2D eigenvalue weighted by Gasteiger charge is -2.34. The van der Waals surface area contributed by atoms with Gasteiger partial charge >= 0.3 is 0 Å². The quantitative estimate of drug-likeness (QED) is 0.601. The van der Waals surface area contributed by atoms with Gasteiger partial charge < -0.3 is 25.3 Å². The van der Waals surface area contributed by atoms with E-state index in [0.29, 0.717) is 18.3 Å². The molecule has 1 aromatic heterocycles. The molecule has 2 saturated heterocycles. The van der Waals surface area contributed by atoms with Gasteiger partial charge in [0.15, 0.2) is 0 Å². The summed E-state index contributed by atoms with van der Waals surface area (Å²) in [7, 11) is 1.83. The lowest BCUT2D eigenvalue weighted by atomic mass is 9.93. The molecule has 0 aliphatic carbocycles. The number of rotatable bonds is 9. The summed E-state index contributed by atoms with van der Waals surface area (Å²) < 4.78 is 0. The second kappa shape index (κ2) is 11.3. The molecule has 8 nitrogen and oxygen atoms in total. The fourth-order valence-corrected chi connectivity index (χ4v) is 4.21. The molecule has 3 heterocycles. The first kappa shape index (κ1) is 21.8. The van der Waals surface area contributed by atoms with Crippen molar-refractivity contribution < 1.29 is 4.79 Å². The van der Waals surface area contributed by atoms with Crippen LogP contribution in [0.2, 0.25) is 0 Å². The fourth-order valence-electron chi connectivity index (χ4n) is 4.21. The van der Waals surface area contributed by atoms with Crippen LogP contribution in [0.15, 0.2) is 12.3 Å². The highest BCUT2D eigenvalue weighted by Gasteiger charge is 2.22. The van der Waals surface area contributed by atoms with Crippen molar-refractivity contribution in [2.24, 2.45) is 5.92 Å². The summed E-state index contributed by atoms with van der Waals surface area (Å²) in [5.74, 6) is 2.29. The zero-order valence-electron chi connectivity index (χ0n) is 18.1. The van der Waals surface area contributed by atoms with Crippen LogP contribution >= 0.6 is 0 Å². The smallest absolute Gasteiger partial charge is 0.224 e. The molecule has 8 heteroatoms. The average molecular weight is 404 g/mol. The number of hydrogen-bond donors (Lipinski definition) is 2. The van der Waals surface area contributed by atoms with Crippen molar-refractivity contribution in [2.75, 3.05) is 76.2 Å². The first-order chi connectivity index (χ1) is 14.2. The van der Waals surface area contributed by atoms with Gasteiger partial charge in [0.05, 0.1) is 0 Å². The maximum absolute atomic E-state index is 12.3. The summed E-state index contributed by atoms with van der Waals surface area (Å²) in [5, 5.41) is 6.11. The van der Waals surface area contributed by atoms with E-state index in [9.17, 15) is 4.79 Å². The van der Waals surface area contributed by atoms with Crippen molar-refractivity contribution in [3.63, 3.8) is 0 Å². The van der Waals surface area contributed by atoms with E-state index in [1.165, 1.54) is 13.1 Å². The van der Waals surface area contributed by atoms with Gasteiger partial charge in [-0.2, -0.15) is 4.98 Å². The molecular formula is C21H37N7O. The highest BCUT2D eigenvalue weighted by molar-refractivity contribution is 5.76. The number of carbonyl (C=O) groups is 1. The van der Waals surface area contributed by atoms with E-state index in [1.54, 1.807) is 6.20 Å². The number of piperazine rings is 1. The van der Waals surface area contributed by atoms with E-state index in [1.807, 2.05) is 13.1 Å². The van der Waals surface area contributed by atoms with Crippen molar-refractivity contribution in [3.8, 4) is 0 Å². The topological polar surface area (TPSA) is 76.6 Å². The molecular weight excluding hydrogens is 366 g/mol. The lowest BCUT2D eigenvalue weighted by Crippen LogP contribution is -2.46. The molecule has 2 aliphatic heterocycles. The minimum atomic E-state index is 0.207. The zero-order chi connectivity index (χ0) is 20.5. The van der Waals surface area contributed by atoms with Gasteiger partial charge in [-0.15, -0.1) is 0 Å². The Morgan fingerprint density at radius 3 is 2.55 bits per heavy atom. The number of nitrogens with zero attached hydrogens (tertiary/aromatic N) is 5. The molecule has 162 valence electrons. The molecule has 0 radical (unpaired) electrons. The maximum Gasteiger partial charge on any atom is 0.224 e. The van der Waals surface area contributed by atoms with Crippen LogP contribution in [0, 0.1) is 5.92 Å². The Balaban J connectivity index is 1.28. The number of likely N-dealkylation sites (N-methyl/N-ethyl adjacent to an activating group) is 1. The van der Waals surface area contributed by atoms with Crippen LogP contribution < -0.4 is 15.5 Å². The van der Waals surface area contributed by atoms with Crippen molar-refractivity contribution in [1.82, 2.24) is 25.1 Å². The molecule has 0 unspecified atom stereocenters. The second-order valence-electron chi connectivity index (χ2n) is 8.10. The first-order valence-electron chi connectivity index (χ1n) is 11.1. The molecule has 2 fully saturated rings. The van der Waals surface area contributed by atoms with Crippen molar-refractivity contribution in [1.29, 1.82) is 0 Å².